The maximum Gasteiger partial charge on any atom is 0.239 e. The van der Waals surface area contributed by atoms with Crippen molar-refractivity contribution in [1.82, 2.24) is 9.80 Å². The van der Waals surface area contributed by atoms with Gasteiger partial charge in [-0.05, 0) is 44.7 Å². The number of likely N-dealkylation sites (N-methyl/N-ethyl adjacent to an activating group) is 1. The Hall–Kier alpha value is -2.08. The van der Waals surface area contributed by atoms with Gasteiger partial charge in [-0.15, -0.1) is 0 Å². The number of amides is 2. The molecule has 1 N–H and O–H groups in total. The van der Waals surface area contributed by atoms with Gasteiger partial charge in [0.2, 0.25) is 11.8 Å². The van der Waals surface area contributed by atoms with Crippen LogP contribution in [0.2, 0.25) is 0 Å². The van der Waals surface area contributed by atoms with Crippen LogP contribution in [0.5, 0.6) is 0 Å². The number of piperazine rings is 1. The second kappa shape index (κ2) is 7.87. The van der Waals surface area contributed by atoms with E-state index in [2.05, 4.69) is 17.1 Å². The smallest absolute Gasteiger partial charge is 0.239 e. The molecule has 0 spiro atoms. The topological polar surface area (TPSA) is 55.9 Å². The lowest BCUT2D eigenvalue weighted by Crippen LogP contribution is -2.54. The lowest BCUT2D eigenvalue weighted by Gasteiger charge is -2.37. The first-order valence-electron chi connectivity index (χ1n) is 8.86. The van der Waals surface area contributed by atoms with E-state index in [-0.39, 0.29) is 11.8 Å². The largest absolute Gasteiger partial charge is 0.378 e. The van der Waals surface area contributed by atoms with Gasteiger partial charge in [-0.3, -0.25) is 9.59 Å². The average molecular weight is 346 g/mol. The van der Waals surface area contributed by atoms with Crippen molar-refractivity contribution in [3.8, 4) is 0 Å². The third-order valence-electron chi connectivity index (χ3n) is 4.85. The van der Waals surface area contributed by atoms with Crippen LogP contribution in [0.1, 0.15) is 20.8 Å². The van der Waals surface area contributed by atoms with Gasteiger partial charge in [0.25, 0.3) is 0 Å². The van der Waals surface area contributed by atoms with E-state index in [4.69, 9.17) is 0 Å². The second-order valence-corrected chi connectivity index (χ2v) is 7.25. The van der Waals surface area contributed by atoms with Crippen molar-refractivity contribution in [3.05, 3.63) is 24.3 Å². The minimum Gasteiger partial charge on any atom is -0.378 e. The van der Waals surface area contributed by atoms with E-state index in [0.717, 1.165) is 25.3 Å². The lowest BCUT2D eigenvalue weighted by atomic mass is 9.89. The summed E-state index contributed by atoms with van der Waals surface area (Å²) < 4.78 is 0. The summed E-state index contributed by atoms with van der Waals surface area (Å²) in [4.78, 5) is 31.6. The molecule has 0 unspecified atom stereocenters. The molecule has 0 bridgehead atoms. The molecule has 1 aliphatic heterocycles. The van der Waals surface area contributed by atoms with Gasteiger partial charge < -0.3 is 20.0 Å². The van der Waals surface area contributed by atoms with Crippen molar-refractivity contribution in [2.75, 3.05) is 57.0 Å². The van der Waals surface area contributed by atoms with Gasteiger partial charge in [0.15, 0.2) is 0 Å². The van der Waals surface area contributed by atoms with E-state index < -0.39 is 5.41 Å². The number of hydrogen-bond acceptors (Lipinski definition) is 4. The highest BCUT2D eigenvalue weighted by atomic mass is 16.2. The van der Waals surface area contributed by atoms with Crippen molar-refractivity contribution < 1.29 is 9.59 Å². The zero-order valence-corrected chi connectivity index (χ0v) is 16.0. The Morgan fingerprint density at radius 3 is 2.12 bits per heavy atom. The molecule has 0 aromatic heterocycles. The summed E-state index contributed by atoms with van der Waals surface area (Å²) in [5, 5.41) is 2.87. The molecule has 0 radical (unpaired) electrons. The van der Waals surface area contributed by atoms with Crippen molar-refractivity contribution in [1.29, 1.82) is 0 Å². The molecule has 1 aliphatic rings. The van der Waals surface area contributed by atoms with Gasteiger partial charge >= 0.3 is 0 Å². The van der Waals surface area contributed by atoms with Crippen LogP contribution in [0.3, 0.4) is 0 Å². The molecule has 1 heterocycles. The SMILES string of the molecule is CCN1CCN(C(=O)C(C)(C)C(=O)Nc2ccc(N(C)C)cc2)CC1. The fourth-order valence-corrected chi connectivity index (χ4v) is 2.89. The van der Waals surface area contributed by atoms with Crippen molar-refractivity contribution >= 4 is 23.2 Å². The average Bonchev–Trinajstić information content (AvgIpc) is 2.61. The fraction of sp³-hybridized carbons (Fsp3) is 0.579. The van der Waals surface area contributed by atoms with Crippen LogP contribution in [0, 0.1) is 5.41 Å². The number of nitrogens with one attached hydrogen (secondary N) is 1. The number of hydrogen-bond donors (Lipinski definition) is 1. The molecule has 0 atom stereocenters. The van der Waals surface area contributed by atoms with E-state index in [1.165, 1.54) is 0 Å². The summed E-state index contributed by atoms with van der Waals surface area (Å²) in [6.07, 6.45) is 0. The summed E-state index contributed by atoms with van der Waals surface area (Å²) in [5.41, 5.74) is 0.670. The molecule has 1 fully saturated rings. The number of rotatable bonds is 5. The van der Waals surface area contributed by atoms with Gasteiger partial charge in [-0.25, -0.2) is 0 Å². The maximum atomic E-state index is 12.8. The predicted octanol–water partition coefficient (Wildman–Crippen LogP) is 1.88. The minimum absolute atomic E-state index is 0.106. The van der Waals surface area contributed by atoms with Gasteiger partial charge in [-0.1, -0.05) is 6.92 Å². The number of anilines is 2. The van der Waals surface area contributed by atoms with Crippen molar-refractivity contribution in [3.63, 3.8) is 0 Å². The summed E-state index contributed by atoms with van der Waals surface area (Å²) in [6, 6.07) is 7.59. The van der Waals surface area contributed by atoms with Crippen molar-refractivity contribution in [2.45, 2.75) is 20.8 Å². The molecule has 2 amide bonds. The molecular formula is C19H30N4O2. The molecular weight excluding hydrogens is 316 g/mol. The molecule has 6 nitrogen and oxygen atoms in total. The fourth-order valence-electron chi connectivity index (χ4n) is 2.89. The van der Waals surface area contributed by atoms with Crippen LogP contribution < -0.4 is 10.2 Å². The highest BCUT2D eigenvalue weighted by Gasteiger charge is 2.40. The zero-order valence-electron chi connectivity index (χ0n) is 16.0. The second-order valence-electron chi connectivity index (χ2n) is 7.25. The third-order valence-corrected chi connectivity index (χ3v) is 4.85. The van der Waals surface area contributed by atoms with E-state index in [0.29, 0.717) is 18.8 Å². The van der Waals surface area contributed by atoms with Crippen LogP contribution in [-0.2, 0) is 9.59 Å². The Balaban J connectivity index is 2.00. The third kappa shape index (κ3) is 4.51. The number of carbonyl (C=O) groups excluding carboxylic acids is 2. The van der Waals surface area contributed by atoms with Gasteiger partial charge in [-0.2, -0.15) is 0 Å². The van der Waals surface area contributed by atoms with Crippen LogP contribution in [0.25, 0.3) is 0 Å². The summed E-state index contributed by atoms with van der Waals surface area (Å²) in [5.74, 6) is -0.376. The summed E-state index contributed by atoms with van der Waals surface area (Å²) in [6.45, 7) is 9.61. The van der Waals surface area contributed by atoms with Crippen LogP contribution in [-0.4, -0.2) is 68.4 Å². The maximum absolute atomic E-state index is 12.8. The van der Waals surface area contributed by atoms with Crippen LogP contribution in [0.15, 0.2) is 24.3 Å². The Morgan fingerprint density at radius 2 is 1.64 bits per heavy atom. The lowest BCUT2D eigenvalue weighted by molar-refractivity contribution is -0.147. The predicted molar refractivity (Wildman–Crippen MR) is 102 cm³/mol. The highest BCUT2D eigenvalue weighted by molar-refractivity contribution is 6.09. The van der Waals surface area contributed by atoms with E-state index in [1.807, 2.05) is 43.3 Å². The number of nitrogens with zero attached hydrogens (tertiary/aromatic N) is 3. The first-order valence-corrected chi connectivity index (χ1v) is 8.86. The van der Waals surface area contributed by atoms with Crippen molar-refractivity contribution in [2.24, 2.45) is 5.41 Å². The molecule has 1 saturated heterocycles. The Labute approximate surface area is 150 Å². The highest BCUT2D eigenvalue weighted by Crippen LogP contribution is 2.24. The molecule has 0 aliphatic carbocycles. The van der Waals surface area contributed by atoms with Gasteiger partial charge in [0, 0.05) is 51.6 Å². The van der Waals surface area contributed by atoms with E-state index in [1.54, 1.807) is 18.7 Å². The monoisotopic (exact) mass is 346 g/mol. The van der Waals surface area contributed by atoms with Gasteiger partial charge in [0.05, 0.1) is 0 Å². The Bertz CT molecular complexity index is 602. The number of carbonyl (C=O) groups is 2. The van der Waals surface area contributed by atoms with Gasteiger partial charge in [0.1, 0.15) is 5.41 Å². The molecule has 2 rings (SSSR count). The minimum atomic E-state index is -1.09. The van der Waals surface area contributed by atoms with Crippen LogP contribution in [0.4, 0.5) is 11.4 Å². The first-order chi connectivity index (χ1) is 11.8. The summed E-state index contributed by atoms with van der Waals surface area (Å²) in [7, 11) is 3.93. The molecule has 1 aromatic carbocycles. The zero-order chi connectivity index (χ0) is 18.6. The Kier molecular flexibility index (Phi) is 6.06. The summed E-state index contributed by atoms with van der Waals surface area (Å²) >= 11 is 0. The Morgan fingerprint density at radius 1 is 1.08 bits per heavy atom. The van der Waals surface area contributed by atoms with Crippen LogP contribution >= 0.6 is 0 Å². The molecule has 25 heavy (non-hydrogen) atoms. The first kappa shape index (κ1) is 19.2. The quantitative estimate of drug-likeness (QED) is 0.827. The molecule has 0 saturated carbocycles. The molecule has 138 valence electrons. The number of benzene rings is 1. The molecule has 1 aromatic rings. The van der Waals surface area contributed by atoms with E-state index in [9.17, 15) is 9.59 Å². The van der Waals surface area contributed by atoms with E-state index >= 15 is 0 Å². The molecule has 6 heteroatoms. The standard InChI is InChI=1S/C19H30N4O2/c1-6-22-11-13-23(14-12-22)18(25)19(2,3)17(24)20-15-7-9-16(10-8-15)21(4)5/h7-10H,6,11-14H2,1-5H3,(H,20,24). The normalized spacial score (nSPS) is 15.8.